The van der Waals surface area contributed by atoms with Crippen LogP contribution in [0.1, 0.15) is 75.6 Å². The Kier molecular flexibility index (Phi) is 6.64. The third-order valence-corrected chi connectivity index (χ3v) is 6.06. The predicted molar refractivity (Wildman–Crippen MR) is 126 cm³/mol. The zero-order valence-corrected chi connectivity index (χ0v) is 19.2. The fraction of sp³-hybridized carbons (Fsp3) is 0.462. The minimum absolute atomic E-state index is 0.0631. The van der Waals surface area contributed by atoms with Gasteiger partial charge in [0.2, 0.25) is 5.91 Å². The molecule has 0 spiro atoms. The molecular formula is C26H35N3O. The van der Waals surface area contributed by atoms with Crippen molar-refractivity contribution in [3.05, 3.63) is 64.7 Å². The lowest BCUT2D eigenvalue weighted by atomic mass is 9.78. The van der Waals surface area contributed by atoms with Gasteiger partial charge in [-0.25, -0.2) is 5.43 Å². The van der Waals surface area contributed by atoms with Crippen LogP contribution in [0.4, 0.5) is 5.69 Å². The summed E-state index contributed by atoms with van der Waals surface area (Å²) in [6.07, 6.45) is 4.05. The third-order valence-electron chi connectivity index (χ3n) is 6.06. The van der Waals surface area contributed by atoms with E-state index < -0.39 is 0 Å². The SMILES string of the molecule is Cc1cc2c(cc1/C=N\NC(=O)CCc1ccccc1)C(C)CC(C)(C)N2C(C)C. The van der Waals surface area contributed by atoms with E-state index in [4.69, 9.17) is 0 Å². The Morgan fingerprint density at radius 1 is 1.27 bits per heavy atom. The van der Waals surface area contributed by atoms with E-state index in [9.17, 15) is 4.79 Å². The average molecular weight is 406 g/mol. The monoisotopic (exact) mass is 405 g/mol. The van der Waals surface area contributed by atoms with Crippen molar-refractivity contribution < 1.29 is 4.79 Å². The zero-order valence-electron chi connectivity index (χ0n) is 19.2. The van der Waals surface area contributed by atoms with Gasteiger partial charge in [0.25, 0.3) is 0 Å². The maximum Gasteiger partial charge on any atom is 0.240 e. The maximum atomic E-state index is 12.1. The van der Waals surface area contributed by atoms with Gasteiger partial charge in [-0.05, 0) is 87.8 Å². The number of hydrazone groups is 1. The predicted octanol–water partition coefficient (Wildman–Crippen LogP) is 5.58. The van der Waals surface area contributed by atoms with E-state index in [0.29, 0.717) is 18.4 Å². The van der Waals surface area contributed by atoms with Gasteiger partial charge in [0.15, 0.2) is 0 Å². The van der Waals surface area contributed by atoms with E-state index in [1.54, 1.807) is 6.21 Å². The molecule has 4 nitrogen and oxygen atoms in total. The second kappa shape index (κ2) is 9.03. The Morgan fingerprint density at radius 2 is 1.97 bits per heavy atom. The first-order valence-corrected chi connectivity index (χ1v) is 11.0. The first-order valence-electron chi connectivity index (χ1n) is 11.0. The molecule has 1 aliphatic heterocycles. The molecule has 30 heavy (non-hydrogen) atoms. The van der Waals surface area contributed by atoms with E-state index in [2.05, 4.69) is 69.1 Å². The Morgan fingerprint density at radius 3 is 2.63 bits per heavy atom. The number of carbonyl (C=O) groups excluding carboxylic acids is 1. The topological polar surface area (TPSA) is 44.7 Å². The van der Waals surface area contributed by atoms with E-state index in [1.807, 2.05) is 30.3 Å². The molecule has 0 aliphatic carbocycles. The maximum absolute atomic E-state index is 12.1. The van der Waals surface area contributed by atoms with Crippen LogP contribution >= 0.6 is 0 Å². The van der Waals surface area contributed by atoms with Crippen LogP contribution < -0.4 is 10.3 Å². The molecule has 4 heteroatoms. The molecule has 0 aromatic heterocycles. The standard InChI is InChI=1S/C26H35N3O/c1-18(2)29-24-14-19(3)22(15-23(24)20(4)16-26(29,5)6)17-27-28-25(30)13-12-21-10-8-7-9-11-21/h7-11,14-15,17-18,20H,12-13,16H2,1-6H3,(H,28,30)/b27-17-. The van der Waals surface area contributed by atoms with Gasteiger partial charge < -0.3 is 4.90 Å². The molecule has 1 aliphatic rings. The number of fused-ring (bicyclic) bond motifs is 1. The molecule has 2 aromatic rings. The fourth-order valence-corrected chi connectivity index (χ4v) is 4.86. The summed E-state index contributed by atoms with van der Waals surface area (Å²) in [4.78, 5) is 14.7. The minimum Gasteiger partial charge on any atom is -0.364 e. The van der Waals surface area contributed by atoms with E-state index in [0.717, 1.165) is 24.0 Å². The van der Waals surface area contributed by atoms with Crippen LogP contribution in [0.25, 0.3) is 0 Å². The Labute approximate surface area is 181 Å². The summed E-state index contributed by atoms with van der Waals surface area (Å²) in [5.41, 5.74) is 8.91. The normalized spacial score (nSPS) is 18.0. The molecule has 160 valence electrons. The fourth-order valence-electron chi connectivity index (χ4n) is 4.86. The number of anilines is 1. The molecule has 1 unspecified atom stereocenters. The lowest BCUT2D eigenvalue weighted by Crippen LogP contribution is -2.51. The van der Waals surface area contributed by atoms with Crippen LogP contribution in [0.2, 0.25) is 0 Å². The molecule has 0 fully saturated rings. The first-order chi connectivity index (χ1) is 14.2. The van der Waals surface area contributed by atoms with Crippen molar-refractivity contribution in [1.29, 1.82) is 0 Å². The summed E-state index contributed by atoms with van der Waals surface area (Å²) < 4.78 is 0. The lowest BCUT2D eigenvalue weighted by Gasteiger charge is -2.50. The van der Waals surface area contributed by atoms with Gasteiger partial charge in [0, 0.05) is 23.7 Å². The van der Waals surface area contributed by atoms with E-state index in [-0.39, 0.29) is 11.4 Å². The van der Waals surface area contributed by atoms with Crippen LogP contribution in [-0.2, 0) is 11.2 Å². The summed E-state index contributed by atoms with van der Waals surface area (Å²) in [6, 6.07) is 15.0. The van der Waals surface area contributed by atoms with Crippen molar-refractivity contribution in [2.45, 2.75) is 78.3 Å². The van der Waals surface area contributed by atoms with Crippen molar-refractivity contribution in [2.75, 3.05) is 4.90 Å². The molecule has 1 heterocycles. The van der Waals surface area contributed by atoms with Crippen LogP contribution in [0.3, 0.4) is 0 Å². The minimum atomic E-state index is -0.0631. The second-order valence-corrected chi connectivity index (χ2v) is 9.43. The molecule has 1 N–H and O–H groups in total. The number of hydrogen-bond donors (Lipinski definition) is 1. The van der Waals surface area contributed by atoms with Crippen LogP contribution in [-0.4, -0.2) is 23.7 Å². The number of carbonyl (C=O) groups is 1. The Bertz CT molecular complexity index is 915. The summed E-state index contributed by atoms with van der Waals surface area (Å²) in [7, 11) is 0. The quantitative estimate of drug-likeness (QED) is 0.504. The highest BCUT2D eigenvalue weighted by molar-refractivity contribution is 5.85. The second-order valence-electron chi connectivity index (χ2n) is 9.43. The number of aryl methyl sites for hydroxylation is 2. The average Bonchev–Trinajstić information content (AvgIpc) is 2.67. The Balaban J connectivity index is 1.71. The number of benzene rings is 2. The highest BCUT2D eigenvalue weighted by atomic mass is 16.2. The molecule has 0 saturated heterocycles. The van der Waals surface area contributed by atoms with E-state index in [1.165, 1.54) is 16.8 Å². The van der Waals surface area contributed by atoms with Crippen molar-refractivity contribution in [1.82, 2.24) is 5.43 Å². The number of rotatable bonds is 6. The number of amides is 1. The van der Waals surface area contributed by atoms with Gasteiger partial charge >= 0.3 is 0 Å². The Hall–Kier alpha value is -2.62. The van der Waals surface area contributed by atoms with Crippen molar-refractivity contribution in [2.24, 2.45) is 5.10 Å². The zero-order chi connectivity index (χ0) is 21.9. The van der Waals surface area contributed by atoms with Gasteiger partial charge in [0.05, 0.1) is 6.21 Å². The van der Waals surface area contributed by atoms with Crippen LogP contribution in [0.15, 0.2) is 47.6 Å². The molecule has 0 saturated carbocycles. The summed E-state index contributed by atoms with van der Waals surface area (Å²) in [6.45, 7) is 13.6. The third kappa shape index (κ3) is 4.92. The molecule has 0 radical (unpaired) electrons. The number of nitrogens with one attached hydrogen (secondary N) is 1. The summed E-state index contributed by atoms with van der Waals surface area (Å²) in [5.74, 6) is 0.421. The van der Waals surface area contributed by atoms with Gasteiger partial charge in [-0.1, -0.05) is 37.3 Å². The van der Waals surface area contributed by atoms with Crippen molar-refractivity contribution in [3.8, 4) is 0 Å². The van der Waals surface area contributed by atoms with Crippen LogP contribution in [0, 0.1) is 6.92 Å². The lowest BCUT2D eigenvalue weighted by molar-refractivity contribution is -0.121. The molecule has 1 amide bonds. The summed E-state index contributed by atoms with van der Waals surface area (Å²) in [5, 5.41) is 4.23. The van der Waals surface area contributed by atoms with Crippen LogP contribution in [0.5, 0.6) is 0 Å². The highest BCUT2D eigenvalue weighted by Gasteiger charge is 2.37. The van der Waals surface area contributed by atoms with E-state index >= 15 is 0 Å². The highest BCUT2D eigenvalue weighted by Crippen LogP contribution is 2.45. The van der Waals surface area contributed by atoms with Crippen molar-refractivity contribution >= 4 is 17.8 Å². The van der Waals surface area contributed by atoms with Gasteiger partial charge in [-0.2, -0.15) is 5.10 Å². The van der Waals surface area contributed by atoms with Gasteiger partial charge in [-0.3, -0.25) is 4.79 Å². The summed E-state index contributed by atoms with van der Waals surface area (Å²) >= 11 is 0. The smallest absolute Gasteiger partial charge is 0.240 e. The first kappa shape index (κ1) is 22.1. The number of nitrogens with zero attached hydrogens (tertiary/aromatic N) is 2. The number of hydrogen-bond acceptors (Lipinski definition) is 3. The van der Waals surface area contributed by atoms with Crippen molar-refractivity contribution in [3.63, 3.8) is 0 Å². The largest absolute Gasteiger partial charge is 0.364 e. The van der Waals surface area contributed by atoms with Gasteiger partial charge in [0.1, 0.15) is 0 Å². The molecule has 0 bridgehead atoms. The molecular weight excluding hydrogens is 370 g/mol. The van der Waals surface area contributed by atoms with Gasteiger partial charge in [-0.15, -0.1) is 0 Å². The molecule has 3 rings (SSSR count). The molecule has 2 aromatic carbocycles. The molecule has 1 atom stereocenters.